The summed E-state index contributed by atoms with van der Waals surface area (Å²) in [7, 11) is 2.53. The van der Waals surface area contributed by atoms with Crippen LogP contribution in [0.3, 0.4) is 0 Å². The number of rotatable bonds is 7. The maximum Gasteiger partial charge on any atom is 0.0599 e. The van der Waals surface area contributed by atoms with Crippen LogP contribution in [-0.4, -0.2) is 43.8 Å². The summed E-state index contributed by atoms with van der Waals surface area (Å²) in [5.41, 5.74) is 0. The van der Waals surface area contributed by atoms with E-state index in [1.165, 1.54) is 32.5 Å². The first-order valence-corrected chi connectivity index (χ1v) is 7.07. The first kappa shape index (κ1) is 14.4. The maximum absolute atomic E-state index is 5.86. The summed E-state index contributed by atoms with van der Waals surface area (Å²) in [6.45, 7) is 10.2. The highest BCUT2D eigenvalue weighted by molar-refractivity contribution is 7.13. The molecular weight excluding hydrogens is 219 g/mol. The van der Waals surface area contributed by atoms with Gasteiger partial charge in [0.2, 0.25) is 0 Å². The quantitative estimate of drug-likeness (QED) is 0.548. The Morgan fingerprint density at radius 3 is 2.62 bits per heavy atom. The second-order valence-electron chi connectivity index (χ2n) is 5.07. The third kappa shape index (κ3) is 6.15. The van der Waals surface area contributed by atoms with E-state index in [0.717, 1.165) is 25.5 Å². The van der Waals surface area contributed by atoms with Crippen LogP contribution in [0.2, 0.25) is 0 Å². The maximum atomic E-state index is 5.86. The molecular formula is C12H27N2OP. The van der Waals surface area contributed by atoms with E-state index in [1.54, 1.807) is 0 Å². The van der Waals surface area contributed by atoms with Gasteiger partial charge < -0.3 is 14.7 Å². The van der Waals surface area contributed by atoms with Gasteiger partial charge >= 0.3 is 0 Å². The van der Waals surface area contributed by atoms with Crippen LogP contribution in [-0.2, 0) is 4.74 Å². The van der Waals surface area contributed by atoms with Crippen molar-refractivity contribution >= 4 is 9.39 Å². The van der Waals surface area contributed by atoms with Gasteiger partial charge in [0.05, 0.1) is 6.10 Å². The molecule has 0 aliphatic carbocycles. The number of ether oxygens (including phenoxy) is 1. The molecule has 1 aliphatic heterocycles. The van der Waals surface area contributed by atoms with Crippen LogP contribution in [0.25, 0.3) is 0 Å². The average Bonchev–Trinajstić information content (AvgIpc) is 2.26. The van der Waals surface area contributed by atoms with Crippen molar-refractivity contribution in [2.75, 3.05) is 32.8 Å². The largest absolute Gasteiger partial charge is 0.378 e. The highest BCUT2D eigenvalue weighted by Crippen LogP contribution is 2.15. The smallest absolute Gasteiger partial charge is 0.0599 e. The predicted molar refractivity (Wildman–Crippen MR) is 72.6 cm³/mol. The fourth-order valence-electron chi connectivity index (χ4n) is 2.20. The van der Waals surface area contributed by atoms with E-state index < -0.39 is 0 Å². The summed E-state index contributed by atoms with van der Waals surface area (Å²) in [5, 5.41) is 3.06. The third-order valence-electron chi connectivity index (χ3n) is 2.98. The van der Waals surface area contributed by atoms with E-state index in [0.29, 0.717) is 6.10 Å². The molecule has 0 aromatic heterocycles. The monoisotopic (exact) mass is 246 g/mol. The standard InChI is InChI=1S/C12H27N2OP/c1-11(2)10-14-7-4-12(5-8-14)15-9-3-6-13-16/h11-13H,3-10,16H2,1-2H3. The number of hydrogen-bond donors (Lipinski definition) is 1. The summed E-state index contributed by atoms with van der Waals surface area (Å²) in [6, 6.07) is 0. The fraction of sp³-hybridized carbons (Fsp3) is 1.00. The van der Waals surface area contributed by atoms with Gasteiger partial charge in [-0.3, -0.25) is 0 Å². The summed E-state index contributed by atoms with van der Waals surface area (Å²) in [5.74, 6) is 0.783. The summed E-state index contributed by atoms with van der Waals surface area (Å²) in [6.07, 6.45) is 4.03. The molecule has 1 saturated heterocycles. The van der Waals surface area contributed by atoms with Gasteiger partial charge in [-0.05, 0) is 25.2 Å². The van der Waals surface area contributed by atoms with Gasteiger partial charge in [0.15, 0.2) is 0 Å². The molecule has 1 atom stereocenters. The minimum atomic E-state index is 0.507. The lowest BCUT2D eigenvalue weighted by atomic mass is 10.1. The van der Waals surface area contributed by atoms with Crippen molar-refractivity contribution in [2.24, 2.45) is 5.92 Å². The number of nitrogens with zero attached hydrogens (tertiary/aromatic N) is 1. The summed E-state index contributed by atoms with van der Waals surface area (Å²) < 4.78 is 5.86. The molecule has 1 fully saturated rings. The minimum Gasteiger partial charge on any atom is -0.378 e. The average molecular weight is 246 g/mol. The van der Waals surface area contributed by atoms with Crippen molar-refractivity contribution in [3.8, 4) is 0 Å². The number of piperidine rings is 1. The molecule has 96 valence electrons. The molecule has 0 amide bonds. The van der Waals surface area contributed by atoms with Crippen molar-refractivity contribution in [2.45, 2.75) is 39.2 Å². The van der Waals surface area contributed by atoms with Gasteiger partial charge in [-0.15, -0.1) is 0 Å². The molecule has 3 nitrogen and oxygen atoms in total. The van der Waals surface area contributed by atoms with Gasteiger partial charge in [0, 0.05) is 32.8 Å². The molecule has 1 unspecified atom stereocenters. The molecule has 0 saturated carbocycles. The number of likely N-dealkylation sites (tertiary alicyclic amines) is 1. The lowest BCUT2D eigenvalue weighted by molar-refractivity contribution is 0.00504. The Morgan fingerprint density at radius 2 is 2.06 bits per heavy atom. The number of nitrogens with one attached hydrogen (secondary N) is 1. The van der Waals surface area contributed by atoms with E-state index in [2.05, 4.69) is 33.2 Å². The Kier molecular flexibility index (Phi) is 7.55. The van der Waals surface area contributed by atoms with E-state index in [1.807, 2.05) is 0 Å². The molecule has 0 bridgehead atoms. The number of hydrogen-bond acceptors (Lipinski definition) is 3. The molecule has 16 heavy (non-hydrogen) atoms. The molecule has 0 aromatic carbocycles. The Morgan fingerprint density at radius 1 is 1.38 bits per heavy atom. The Labute approximate surface area is 103 Å². The van der Waals surface area contributed by atoms with Crippen LogP contribution in [0.1, 0.15) is 33.1 Å². The van der Waals surface area contributed by atoms with Crippen molar-refractivity contribution in [3.05, 3.63) is 0 Å². The zero-order valence-corrected chi connectivity index (χ0v) is 11.9. The van der Waals surface area contributed by atoms with Gasteiger partial charge in [-0.1, -0.05) is 23.2 Å². The molecule has 1 aliphatic rings. The molecule has 1 N–H and O–H groups in total. The van der Waals surface area contributed by atoms with E-state index in [4.69, 9.17) is 4.74 Å². The summed E-state index contributed by atoms with van der Waals surface area (Å²) >= 11 is 0. The highest BCUT2D eigenvalue weighted by atomic mass is 31.0. The predicted octanol–water partition coefficient (Wildman–Crippen LogP) is 1.89. The highest BCUT2D eigenvalue weighted by Gasteiger charge is 2.19. The Bertz CT molecular complexity index is 170. The van der Waals surface area contributed by atoms with Crippen molar-refractivity contribution in [3.63, 3.8) is 0 Å². The second kappa shape index (κ2) is 8.41. The van der Waals surface area contributed by atoms with Crippen molar-refractivity contribution in [1.82, 2.24) is 9.99 Å². The van der Waals surface area contributed by atoms with Crippen LogP contribution in [0.15, 0.2) is 0 Å². The normalized spacial score (nSPS) is 19.5. The Hall–Kier alpha value is 0.310. The Balaban J connectivity index is 2.03. The van der Waals surface area contributed by atoms with Crippen LogP contribution in [0.4, 0.5) is 0 Å². The van der Waals surface area contributed by atoms with E-state index in [9.17, 15) is 0 Å². The summed E-state index contributed by atoms with van der Waals surface area (Å²) in [4.78, 5) is 2.56. The van der Waals surface area contributed by atoms with Crippen molar-refractivity contribution in [1.29, 1.82) is 0 Å². The third-order valence-corrected chi connectivity index (χ3v) is 3.27. The topological polar surface area (TPSA) is 24.5 Å². The van der Waals surface area contributed by atoms with Gasteiger partial charge in [-0.25, -0.2) is 0 Å². The first-order valence-electron chi connectivity index (χ1n) is 6.49. The second-order valence-corrected chi connectivity index (χ2v) is 5.48. The van der Waals surface area contributed by atoms with Crippen LogP contribution >= 0.6 is 9.39 Å². The zero-order valence-electron chi connectivity index (χ0n) is 10.7. The van der Waals surface area contributed by atoms with Crippen molar-refractivity contribution < 1.29 is 4.74 Å². The van der Waals surface area contributed by atoms with Gasteiger partial charge in [-0.2, -0.15) is 0 Å². The molecule has 1 heterocycles. The SMILES string of the molecule is CC(C)CN1CCC(OCCCNP)CC1. The molecule has 0 radical (unpaired) electrons. The van der Waals surface area contributed by atoms with Crippen LogP contribution in [0.5, 0.6) is 0 Å². The van der Waals surface area contributed by atoms with Gasteiger partial charge in [0.1, 0.15) is 0 Å². The molecule has 0 aromatic rings. The lowest BCUT2D eigenvalue weighted by Gasteiger charge is -2.32. The molecule has 1 rings (SSSR count). The zero-order chi connectivity index (χ0) is 11.8. The van der Waals surface area contributed by atoms with Gasteiger partial charge in [0.25, 0.3) is 0 Å². The molecule has 4 heteroatoms. The van der Waals surface area contributed by atoms with Crippen LogP contribution in [0, 0.1) is 5.92 Å². The first-order chi connectivity index (χ1) is 7.72. The molecule has 0 spiro atoms. The fourth-order valence-corrected chi connectivity index (χ4v) is 2.40. The van der Waals surface area contributed by atoms with E-state index in [-0.39, 0.29) is 0 Å². The van der Waals surface area contributed by atoms with E-state index >= 15 is 0 Å². The minimum absolute atomic E-state index is 0.507. The lowest BCUT2D eigenvalue weighted by Crippen LogP contribution is -2.39. The van der Waals surface area contributed by atoms with Crippen LogP contribution < -0.4 is 5.09 Å².